The number of halogens is 1. The van der Waals surface area contributed by atoms with E-state index >= 15 is 0 Å². The third-order valence-corrected chi connectivity index (χ3v) is 4.05. The molecule has 0 aliphatic rings. The largest absolute Gasteiger partial charge is 0.453 e. The molecule has 0 atom stereocenters. The molecule has 8 heteroatoms. The molecule has 7 nitrogen and oxygen atoms in total. The van der Waals surface area contributed by atoms with Crippen LogP contribution in [0.4, 0.5) is 4.39 Å². The van der Waals surface area contributed by atoms with E-state index in [-0.39, 0.29) is 11.3 Å². The van der Waals surface area contributed by atoms with Crippen LogP contribution in [0.1, 0.15) is 32.9 Å². The average Bonchev–Trinajstić information content (AvgIpc) is 3.01. The summed E-state index contributed by atoms with van der Waals surface area (Å²) in [5, 5.41) is 19.2. The van der Waals surface area contributed by atoms with E-state index in [1.54, 1.807) is 19.1 Å². The monoisotopic (exact) mass is 379 g/mol. The Morgan fingerprint density at radius 1 is 1.29 bits per heavy atom. The van der Waals surface area contributed by atoms with Gasteiger partial charge in [0.1, 0.15) is 17.3 Å². The molecule has 2 aromatic carbocycles. The molecule has 0 fully saturated rings. The van der Waals surface area contributed by atoms with E-state index in [2.05, 4.69) is 15.5 Å². The third-order valence-electron chi connectivity index (χ3n) is 4.05. The van der Waals surface area contributed by atoms with Crippen molar-refractivity contribution in [1.82, 2.24) is 15.5 Å². The molecule has 142 valence electrons. The summed E-state index contributed by atoms with van der Waals surface area (Å²) in [6.45, 7) is 2.74. The van der Waals surface area contributed by atoms with Gasteiger partial charge in [-0.25, -0.2) is 4.39 Å². The van der Waals surface area contributed by atoms with Crippen molar-refractivity contribution in [3.8, 4) is 17.6 Å². The lowest BCUT2D eigenvalue weighted by molar-refractivity contribution is 0.100. The number of aryl methyl sites for hydroxylation is 1. The molecule has 0 saturated carbocycles. The van der Waals surface area contributed by atoms with Crippen LogP contribution in [-0.2, 0) is 13.1 Å². The molecule has 0 unspecified atom stereocenters. The highest BCUT2D eigenvalue weighted by molar-refractivity contribution is 5.92. The number of nitrogens with two attached hydrogens (primary N) is 1. The number of ether oxygens (including phenoxy) is 1. The van der Waals surface area contributed by atoms with E-state index in [1.807, 2.05) is 18.2 Å². The molecule has 3 rings (SSSR count). The zero-order valence-corrected chi connectivity index (χ0v) is 15.1. The van der Waals surface area contributed by atoms with Crippen molar-refractivity contribution in [2.24, 2.45) is 5.73 Å². The Bertz CT molecular complexity index is 1040. The predicted molar refractivity (Wildman–Crippen MR) is 100 cm³/mol. The summed E-state index contributed by atoms with van der Waals surface area (Å²) in [6.07, 6.45) is 0. The lowest BCUT2D eigenvalue weighted by Gasteiger charge is -2.09. The van der Waals surface area contributed by atoms with Crippen molar-refractivity contribution in [2.75, 3.05) is 0 Å². The van der Waals surface area contributed by atoms with Crippen LogP contribution in [0, 0.1) is 24.1 Å². The zero-order chi connectivity index (χ0) is 20.1. The van der Waals surface area contributed by atoms with Gasteiger partial charge in [0.15, 0.2) is 5.75 Å². The van der Waals surface area contributed by atoms with Gasteiger partial charge in [-0.2, -0.15) is 10.4 Å². The Labute approximate surface area is 160 Å². The Morgan fingerprint density at radius 3 is 2.71 bits per heavy atom. The Morgan fingerprint density at radius 2 is 2.04 bits per heavy atom. The number of aromatic nitrogens is 2. The smallest absolute Gasteiger partial charge is 0.248 e. The van der Waals surface area contributed by atoms with Gasteiger partial charge in [-0.1, -0.05) is 12.1 Å². The highest BCUT2D eigenvalue weighted by Crippen LogP contribution is 2.28. The minimum atomic E-state index is -0.547. The second-order valence-corrected chi connectivity index (χ2v) is 6.17. The number of hydrogen-bond acceptors (Lipinski definition) is 5. The Balaban J connectivity index is 1.67. The first-order valence-electron chi connectivity index (χ1n) is 8.48. The minimum absolute atomic E-state index is 0.176. The van der Waals surface area contributed by atoms with Crippen LogP contribution >= 0.6 is 0 Å². The molecule has 0 bridgehead atoms. The van der Waals surface area contributed by atoms with Gasteiger partial charge < -0.3 is 15.8 Å². The third kappa shape index (κ3) is 4.52. The normalized spacial score (nSPS) is 10.5. The number of aromatic amines is 1. The fourth-order valence-electron chi connectivity index (χ4n) is 2.65. The van der Waals surface area contributed by atoms with Crippen molar-refractivity contribution < 1.29 is 13.9 Å². The summed E-state index contributed by atoms with van der Waals surface area (Å²) in [5.41, 5.74) is 8.14. The lowest BCUT2D eigenvalue weighted by Crippen LogP contribution is -2.14. The van der Waals surface area contributed by atoms with Gasteiger partial charge in [-0.05, 0) is 36.8 Å². The number of benzene rings is 2. The second kappa shape index (κ2) is 8.33. The minimum Gasteiger partial charge on any atom is -0.453 e. The molecule has 3 aromatic rings. The first-order valence-corrected chi connectivity index (χ1v) is 8.48. The molecule has 4 N–H and O–H groups in total. The van der Waals surface area contributed by atoms with E-state index in [1.165, 1.54) is 12.1 Å². The van der Waals surface area contributed by atoms with Gasteiger partial charge in [0.2, 0.25) is 5.91 Å². The molecule has 0 saturated heterocycles. The number of carbonyl (C=O) groups excluding carboxylic acids is 1. The molecule has 1 aromatic heterocycles. The highest BCUT2D eigenvalue weighted by Gasteiger charge is 2.13. The molecule has 0 radical (unpaired) electrons. The fraction of sp³-hybridized carbons (Fsp3) is 0.150. The average molecular weight is 379 g/mol. The first-order chi connectivity index (χ1) is 13.5. The van der Waals surface area contributed by atoms with E-state index < -0.39 is 11.7 Å². The maximum absolute atomic E-state index is 13.6. The van der Waals surface area contributed by atoms with Crippen LogP contribution in [0.3, 0.4) is 0 Å². The van der Waals surface area contributed by atoms with Crippen LogP contribution in [0.15, 0.2) is 42.5 Å². The van der Waals surface area contributed by atoms with Crippen molar-refractivity contribution in [1.29, 1.82) is 5.26 Å². The van der Waals surface area contributed by atoms with Crippen molar-refractivity contribution in [3.05, 3.63) is 76.4 Å². The molecule has 0 aliphatic carbocycles. The maximum Gasteiger partial charge on any atom is 0.248 e. The van der Waals surface area contributed by atoms with E-state index in [0.717, 1.165) is 11.6 Å². The highest BCUT2D eigenvalue weighted by atomic mass is 19.1. The van der Waals surface area contributed by atoms with Gasteiger partial charge >= 0.3 is 0 Å². The summed E-state index contributed by atoms with van der Waals surface area (Å²) in [7, 11) is 0. The number of H-pyrrole nitrogens is 1. The summed E-state index contributed by atoms with van der Waals surface area (Å²) < 4.78 is 19.4. The summed E-state index contributed by atoms with van der Waals surface area (Å²) in [4.78, 5) is 11.1. The number of carbonyl (C=O) groups is 1. The molecule has 1 heterocycles. The van der Waals surface area contributed by atoms with Crippen LogP contribution in [-0.4, -0.2) is 16.1 Å². The SMILES string of the molecule is Cc1n[nH]c(CNCc2ccc(C(N)=O)cc2)c1Oc1cc(F)cc(C#N)c1. The molecule has 0 spiro atoms. The number of hydrogen-bond donors (Lipinski definition) is 3. The van der Waals surface area contributed by atoms with Gasteiger partial charge in [0.05, 0.1) is 17.3 Å². The molecule has 0 aliphatic heterocycles. The lowest BCUT2D eigenvalue weighted by atomic mass is 10.1. The quantitative estimate of drug-likeness (QED) is 0.583. The van der Waals surface area contributed by atoms with Gasteiger partial charge in [0.25, 0.3) is 0 Å². The van der Waals surface area contributed by atoms with Gasteiger partial charge in [0, 0.05) is 24.7 Å². The van der Waals surface area contributed by atoms with Gasteiger partial charge in [-0.15, -0.1) is 0 Å². The van der Waals surface area contributed by atoms with Gasteiger partial charge in [-0.3, -0.25) is 9.89 Å². The predicted octanol–water partition coefficient (Wildman–Crippen LogP) is 2.91. The van der Waals surface area contributed by atoms with Crippen LogP contribution < -0.4 is 15.8 Å². The molecular weight excluding hydrogens is 361 g/mol. The standard InChI is InChI=1S/C20H18FN5O2/c1-12-19(28-17-7-14(9-22)6-16(21)8-17)18(26-25-12)11-24-10-13-2-4-15(5-3-13)20(23)27/h2-8,24H,10-11H2,1H3,(H2,23,27)(H,25,26). The van der Waals surface area contributed by atoms with Crippen LogP contribution in [0.5, 0.6) is 11.5 Å². The first kappa shape index (κ1) is 19.1. The van der Waals surface area contributed by atoms with E-state index in [9.17, 15) is 9.18 Å². The number of nitriles is 1. The molecule has 1 amide bonds. The van der Waals surface area contributed by atoms with Crippen LogP contribution in [0.2, 0.25) is 0 Å². The summed E-state index contributed by atoms with van der Waals surface area (Å²) in [5.74, 6) is -0.309. The molecular formula is C20H18FN5O2. The topological polar surface area (TPSA) is 117 Å². The zero-order valence-electron chi connectivity index (χ0n) is 15.1. The van der Waals surface area contributed by atoms with Crippen molar-refractivity contribution >= 4 is 5.91 Å². The fourth-order valence-corrected chi connectivity index (χ4v) is 2.65. The maximum atomic E-state index is 13.6. The Hall–Kier alpha value is -3.70. The van der Waals surface area contributed by atoms with E-state index in [0.29, 0.717) is 35.8 Å². The molecule has 28 heavy (non-hydrogen) atoms. The number of amides is 1. The Kier molecular flexibility index (Phi) is 5.67. The number of primary amides is 1. The summed E-state index contributed by atoms with van der Waals surface area (Å²) in [6, 6.07) is 12.7. The van der Waals surface area contributed by atoms with E-state index in [4.69, 9.17) is 15.7 Å². The number of nitrogens with zero attached hydrogens (tertiary/aromatic N) is 2. The number of nitrogens with one attached hydrogen (secondary N) is 2. The van der Waals surface area contributed by atoms with Crippen LogP contribution in [0.25, 0.3) is 0 Å². The second-order valence-electron chi connectivity index (χ2n) is 6.17. The van der Waals surface area contributed by atoms with Crippen molar-refractivity contribution in [3.63, 3.8) is 0 Å². The van der Waals surface area contributed by atoms with Crippen molar-refractivity contribution in [2.45, 2.75) is 20.0 Å². The number of rotatable bonds is 7. The summed E-state index contributed by atoms with van der Waals surface area (Å²) >= 11 is 0.